The standard InChI is InChI=1S/C14H20ClN3O3/c1-14(2,3)21-13(20)18-5-4-16-8-11(18)9-6-10(15)12(19)17-7-9/h6-7,11,16H,4-5,8H2,1-3H3,(H,17,19). The molecule has 1 atom stereocenters. The van der Waals surface area contributed by atoms with Crippen LogP contribution in [0.3, 0.4) is 0 Å². The number of ether oxygens (including phenoxy) is 1. The molecule has 21 heavy (non-hydrogen) atoms. The third-order valence-corrected chi connectivity index (χ3v) is 3.42. The minimum absolute atomic E-state index is 0.113. The molecule has 0 spiro atoms. The number of halogens is 1. The van der Waals surface area contributed by atoms with Crippen LogP contribution in [-0.2, 0) is 4.74 Å². The summed E-state index contributed by atoms with van der Waals surface area (Å²) in [5.74, 6) is 0. The summed E-state index contributed by atoms with van der Waals surface area (Å²) in [4.78, 5) is 27.9. The topological polar surface area (TPSA) is 74.4 Å². The molecule has 1 aromatic heterocycles. The molecule has 2 N–H and O–H groups in total. The maximum Gasteiger partial charge on any atom is 0.410 e. The lowest BCUT2D eigenvalue weighted by Crippen LogP contribution is -2.50. The number of hydrogen-bond donors (Lipinski definition) is 2. The van der Waals surface area contributed by atoms with Gasteiger partial charge in [0.1, 0.15) is 10.6 Å². The van der Waals surface area contributed by atoms with Crippen LogP contribution in [0.5, 0.6) is 0 Å². The Morgan fingerprint density at radius 2 is 2.19 bits per heavy atom. The maximum atomic E-state index is 12.3. The van der Waals surface area contributed by atoms with Crippen LogP contribution in [0.4, 0.5) is 4.79 Å². The molecule has 1 aromatic rings. The van der Waals surface area contributed by atoms with E-state index in [1.165, 1.54) is 0 Å². The number of carbonyl (C=O) groups excluding carboxylic acids is 1. The van der Waals surface area contributed by atoms with Crippen molar-refractivity contribution in [3.63, 3.8) is 0 Å². The van der Waals surface area contributed by atoms with Crippen molar-refractivity contribution in [2.75, 3.05) is 19.6 Å². The highest BCUT2D eigenvalue weighted by Crippen LogP contribution is 2.24. The summed E-state index contributed by atoms with van der Waals surface area (Å²) in [6.07, 6.45) is 1.22. The number of H-pyrrole nitrogens is 1. The summed E-state index contributed by atoms with van der Waals surface area (Å²) in [6, 6.07) is 1.37. The van der Waals surface area contributed by atoms with E-state index >= 15 is 0 Å². The molecule has 1 saturated heterocycles. The van der Waals surface area contributed by atoms with Gasteiger partial charge in [-0.3, -0.25) is 9.69 Å². The first-order chi connectivity index (χ1) is 9.78. The molecular formula is C14H20ClN3O3. The van der Waals surface area contributed by atoms with Gasteiger partial charge in [0.15, 0.2) is 0 Å². The van der Waals surface area contributed by atoms with Crippen molar-refractivity contribution in [1.82, 2.24) is 15.2 Å². The molecule has 0 bridgehead atoms. The summed E-state index contributed by atoms with van der Waals surface area (Å²) in [5, 5.41) is 3.34. The Morgan fingerprint density at radius 1 is 1.48 bits per heavy atom. The van der Waals surface area contributed by atoms with Crippen LogP contribution >= 0.6 is 11.6 Å². The van der Waals surface area contributed by atoms with Crippen molar-refractivity contribution >= 4 is 17.7 Å². The maximum absolute atomic E-state index is 12.3. The molecule has 0 radical (unpaired) electrons. The first-order valence-electron chi connectivity index (χ1n) is 6.86. The van der Waals surface area contributed by atoms with E-state index in [-0.39, 0.29) is 22.7 Å². The van der Waals surface area contributed by atoms with Crippen LogP contribution in [0.25, 0.3) is 0 Å². The molecule has 1 aliphatic heterocycles. The second-order valence-electron chi connectivity index (χ2n) is 6.00. The van der Waals surface area contributed by atoms with Gasteiger partial charge in [-0.05, 0) is 32.4 Å². The number of hydrogen-bond acceptors (Lipinski definition) is 4. The third kappa shape index (κ3) is 3.98. The van der Waals surface area contributed by atoms with Crippen LogP contribution < -0.4 is 10.9 Å². The summed E-state index contributed by atoms with van der Waals surface area (Å²) in [7, 11) is 0. The Morgan fingerprint density at radius 3 is 2.81 bits per heavy atom. The lowest BCUT2D eigenvalue weighted by molar-refractivity contribution is 0.0117. The van der Waals surface area contributed by atoms with E-state index in [2.05, 4.69) is 10.3 Å². The molecule has 2 heterocycles. The van der Waals surface area contributed by atoms with Gasteiger partial charge in [0.25, 0.3) is 5.56 Å². The van der Waals surface area contributed by atoms with Crippen molar-refractivity contribution < 1.29 is 9.53 Å². The Hall–Kier alpha value is -1.53. The highest BCUT2D eigenvalue weighted by molar-refractivity contribution is 6.30. The molecule has 1 fully saturated rings. The first kappa shape index (κ1) is 15.9. The van der Waals surface area contributed by atoms with E-state index in [0.717, 1.165) is 5.56 Å². The van der Waals surface area contributed by atoms with Crippen LogP contribution in [0.15, 0.2) is 17.1 Å². The minimum atomic E-state index is -0.546. The summed E-state index contributed by atoms with van der Waals surface area (Å²) in [6.45, 7) is 7.32. The number of aromatic amines is 1. The van der Waals surface area contributed by atoms with E-state index in [0.29, 0.717) is 19.6 Å². The van der Waals surface area contributed by atoms with Crippen molar-refractivity contribution in [3.8, 4) is 0 Å². The van der Waals surface area contributed by atoms with Gasteiger partial charge >= 0.3 is 6.09 Å². The van der Waals surface area contributed by atoms with Gasteiger partial charge in [-0.15, -0.1) is 0 Å². The number of piperazine rings is 1. The second-order valence-corrected chi connectivity index (χ2v) is 6.41. The number of carbonyl (C=O) groups is 1. The molecule has 2 rings (SSSR count). The fraction of sp³-hybridized carbons (Fsp3) is 0.571. The van der Waals surface area contributed by atoms with Crippen molar-refractivity contribution in [1.29, 1.82) is 0 Å². The fourth-order valence-corrected chi connectivity index (χ4v) is 2.39. The van der Waals surface area contributed by atoms with E-state index in [4.69, 9.17) is 16.3 Å². The van der Waals surface area contributed by atoms with Crippen molar-refractivity contribution in [2.45, 2.75) is 32.4 Å². The van der Waals surface area contributed by atoms with Gasteiger partial charge in [0, 0.05) is 25.8 Å². The molecule has 0 aromatic carbocycles. The highest BCUT2D eigenvalue weighted by Gasteiger charge is 2.31. The highest BCUT2D eigenvalue weighted by atomic mass is 35.5. The lowest BCUT2D eigenvalue weighted by Gasteiger charge is -2.37. The number of rotatable bonds is 1. The summed E-state index contributed by atoms with van der Waals surface area (Å²) in [5.41, 5.74) is -0.111. The number of nitrogens with zero attached hydrogens (tertiary/aromatic N) is 1. The Balaban J connectivity index is 2.24. The van der Waals surface area contributed by atoms with Crippen LogP contribution in [-0.4, -0.2) is 41.2 Å². The zero-order valence-electron chi connectivity index (χ0n) is 12.4. The average Bonchev–Trinajstić information content (AvgIpc) is 2.40. The fourth-order valence-electron chi connectivity index (χ4n) is 2.20. The lowest BCUT2D eigenvalue weighted by atomic mass is 10.1. The molecule has 6 nitrogen and oxygen atoms in total. The molecule has 116 valence electrons. The van der Waals surface area contributed by atoms with E-state index < -0.39 is 5.60 Å². The predicted octanol–water partition coefficient (Wildman–Crippen LogP) is 1.91. The zero-order chi connectivity index (χ0) is 15.6. The van der Waals surface area contributed by atoms with Crippen molar-refractivity contribution in [3.05, 3.63) is 33.2 Å². The number of nitrogens with one attached hydrogen (secondary N) is 2. The average molecular weight is 314 g/mol. The van der Waals surface area contributed by atoms with Gasteiger partial charge < -0.3 is 15.0 Å². The van der Waals surface area contributed by atoms with E-state index in [9.17, 15) is 9.59 Å². The molecule has 1 unspecified atom stereocenters. The predicted molar refractivity (Wildman–Crippen MR) is 80.6 cm³/mol. The normalized spacial score (nSPS) is 19.4. The van der Waals surface area contributed by atoms with Crippen LogP contribution in [0.1, 0.15) is 32.4 Å². The van der Waals surface area contributed by atoms with E-state index in [1.807, 2.05) is 20.8 Å². The number of amides is 1. The van der Waals surface area contributed by atoms with Gasteiger partial charge in [0.2, 0.25) is 0 Å². The smallest absolute Gasteiger partial charge is 0.410 e. The molecule has 7 heteroatoms. The Labute approximate surface area is 128 Å². The largest absolute Gasteiger partial charge is 0.444 e. The van der Waals surface area contributed by atoms with Gasteiger partial charge in [0.05, 0.1) is 6.04 Å². The molecular weight excluding hydrogens is 294 g/mol. The van der Waals surface area contributed by atoms with Gasteiger partial charge in [-0.1, -0.05) is 11.6 Å². The molecule has 0 saturated carbocycles. The van der Waals surface area contributed by atoms with Crippen molar-refractivity contribution in [2.24, 2.45) is 0 Å². The molecule has 0 aliphatic carbocycles. The number of aromatic nitrogens is 1. The Bertz CT molecular complexity index is 580. The quantitative estimate of drug-likeness (QED) is 0.830. The third-order valence-electron chi connectivity index (χ3n) is 3.14. The van der Waals surface area contributed by atoms with Crippen LogP contribution in [0, 0.1) is 0 Å². The molecule has 1 amide bonds. The first-order valence-corrected chi connectivity index (χ1v) is 7.24. The van der Waals surface area contributed by atoms with E-state index in [1.54, 1.807) is 17.2 Å². The SMILES string of the molecule is CC(C)(C)OC(=O)N1CCNCC1c1c[nH]c(=O)c(Cl)c1. The monoisotopic (exact) mass is 313 g/mol. The summed E-state index contributed by atoms with van der Waals surface area (Å²) < 4.78 is 5.44. The minimum Gasteiger partial charge on any atom is -0.444 e. The molecule has 1 aliphatic rings. The van der Waals surface area contributed by atoms with Crippen LogP contribution in [0.2, 0.25) is 5.02 Å². The Kier molecular flexibility index (Phi) is 4.58. The van der Waals surface area contributed by atoms with Gasteiger partial charge in [-0.2, -0.15) is 0 Å². The van der Waals surface area contributed by atoms with Gasteiger partial charge in [-0.25, -0.2) is 4.79 Å². The zero-order valence-corrected chi connectivity index (χ0v) is 13.2. The summed E-state index contributed by atoms with van der Waals surface area (Å²) >= 11 is 5.87. The second kappa shape index (κ2) is 6.07. The number of pyridine rings is 1.